The fourth-order valence-electron chi connectivity index (χ4n) is 4.43. The van der Waals surface area contributed by atoms with Crippen molar-refractivity contribution in [2.24, 2.45) is 5.92 Å². The van der Waals surface area contributed by atoms with Gasteiger partial charge in [0.15, 0.2) is 11.6 Å². The molecule has 1 saturated heterocycles. The van der Waals surface area contributed by atoms with Gasteiger partial charge < -0.3 is 24.2 Å². The highest BCUT2D eigenvalue weighted by Gasteiger charge is 2.35. The van der Waals surface area contributed by atoms with Crippen LogP contribution < -0.4 is 10.3 Å². The summed E-state index contributed by atoms with van der Waals surface area (Å²) in [4.78, 5) is 44.6. The Morgan fingerprint density at radius 1 is 1.29 bits per heavy atom. The molecular weight excluding hydrogens is 443 g/mol. The zero-order valence-electron chi connectivity index (χ0n) is 20.2. The van der Waals surface area contributed by atoms with E-state index in [0.29, 0.717) is 18.7 Å². The lowest BCUT2D eigenvalue weighted by atomic mass is 10.00. The monoisotopic (exact) mass is 474 g/mol. The number of aromatic nitrogens is 2. The number of carboxylic acid groups (broad SMARTS) is 1. The lowest BCUT2D eigenvalue weighted by Crippen LogP contribution is -2.43. The molecule has 3 heterocycles. The quantitative estimate of drug-likeness (QED) is 0.705. The van der Waals surface area contributed by atoms with Crippen molar-refractivity contribution in [3.8, 4) is 0 Å². The van der Waals surface area contributed by atoms with Gasteiger partial charge >= 0.3 is 12.1 Å². The van der Waals surface area contributed by atoms with E-state index < -0.39 is 28.9 Å². The van der Waals surface area contributed by atoms with E-state index in [1.165, 1.54) is 6.20 Å². The summed E-state index contributed by atoms with van der Waals surface area (Å²) in [5.41, 5.74) is -1.41. The number of aromatic carboxylic acids is 1. The minimum atomic E-state index is -1.34. The van der Waals surface area contributed by atoms with Gasteiger partial charge in [-0.2, -0.15) is 0 Å². The maximum absolute atomic E-state index is 15.1. The molecule has 2 atom stereocenters. The molecule has 1 N–H and O–H groups in total. The topological polar surface area (TPSA) is 105 Å². The Balaban J connectivity index is 1.61. The van der Waals surface area contributed by atoms with Crippen molar-refractivity contribution in [2.75, 3.05) is 25.0 Å². The molecule has 1 saturated carbocycles. The molecule has 2 aromatic rings. The van der Waals surface area contributed by atoms with Gasteiger partial charge in [-0.3, -0.25) is 4.79 Å². The minimum absolute atomic E-state index is 0.0261. The molecule has 1 amide bonds. The van der Waals surface area contributed by atoms with Crippen molar-refractivity contribution < 1.29 is 23.8 Å². The van der Waals surface area contributed by atoms with E-state index in [9.17, 15) is 19.5 Å². The Labute approximate surface area is 197 Å². The van der Waals surface area contributed by atoms with Crippen LogP contribution in [0.4, 0.5) is 15.0 Å². The second-order valence-corrected chi connectivity index (χ2v) is 10.3. The van der Waals surface area contributed by atoms with Crippen LogP contribution in [0.25, 0.3) is 11.0 Å². The number of ether oxygens (including phenoxy) is 1. The van der Waals surface area contributed by atoms with Gasteiger partial charge in [0.25, 0.3) is 0 Å². The summed E-state index contributed by atoms with van der Waals surface area (Å²) in [5.74, 6) is -1.78. The Morgan fingerprint density at radius 2 is 1.97 bits per heavy atom. The van der Waals surface area contributed by atoms with Gasteiger partial charge in [-0.05, 0) is 58.9 Å². The van der Waals surface area contributed by atoms with E-state index in [-0.39, 0.29) is 34.8 Å². The van der Waals surface area contributed by atoms with Crippen LogP contribution in [0.15, 0.2) is 17.1 Å². The number of anilines is 1. The minimum Gasteiger partial charge on any atom is -0.477 e. The van der Waals surface area contributed by atoms with Gasteiger partial charge in [-0.1, -0.05) is 0 Å². The van der Waals surface area contributed by atoms with Gasteiger partial charge in [-0.25, -0.2) is 19.0 Å². The Bertz CT molecular complexity index is 1200. The first-order chi connectivity index (χ1) is 15.9. The highest BCUT2D eigenvalue weighted by Crippen LogP contribution is 2.37. The van der Waals surface area contributed by atoms with E-state index in [0.717, 1.165) is 25.3 Å². The standard InChI is InChI=1S/C24H31FN4O5/c1-13(27(5)23(33)34-24(2,3)4)14-8-9-28(11-14)21-18(25)10-16-19(30)17(22(31)32)12-29(15-6-7-15)20(16)26-21/h10,12-15H,6-9,11H2,1-5H3,(H,31,32)/t13-,14+/m0/s1. The van der Waals surface area contributed by atoms with Crippen molar-refractivity contribution in [2.45, 2.75) is 64.6 Å². The van der Waals surface area contributed by atoms with E-state index in [1.54, 1.807) is 16.5 Å². The zero-order chi connectivity index (χ0) is 24.9. The summed E-state index contributed by atoms with van der Waals surface area (Å²) in [5, 5.41) is 9.38. The van der Waals surface area contributed by atoms with E-state index >= 15 is 4.39 Å². The average Bonchev–Trinajstić information content (AvgIpc) is 3.47. The van der Waals surface area contributed by atoms with Crippen molar-refractivity contribution >= 4 is 28.9 Å². The van der Waals surface area contributed by atoms with Crippen molar-refractivity contribution in [3.63, 3.8) is 0 Å². The third kappa shape index (κ3) is 4.58. The van der Waals surface area contributed by atoms with Crippen LogP contribution in [0.2, 0.25) is 0 Å². The normalized spacial score (nSPS) is 19.4. The molecular formula is C24H31FN4O5. The summed E-state index contributed by atoms with van der Waals surface area (Å²) < 4.78 is 22.3. The Hall–Kier alpha value is -3.17. The molecule has 2 aliphatic rings. The summed E-state index contributed by atoms with van der Waals surface area (Å²) in [6.07, 6.45) is 3.36. The van der Waals surface area contributed by atoms with Gasteiger partial charge in [0.2, 0.25) is 5.43 Å². The largest absolute Gasteiger partial charge is 0.477 e. The highest BCUT2D eigenvalue weighted by molar-refractivity contribution is 5.92. The van der Waals surface area contributed by atoms with Crippen LogP contribution in [0.3, 0.4) is 0 Å². The van der Waals surface area contributed by atoms with E-state index in [2.05, 4.69) is 4.98 Å². The van der Waals surface area contributed by atoms with Crippen LogP contribution in [0.5, 0.6) is 0 Å². The average molecular weight is 475 g/mol. The smallest absolute Gasteiger partial charge is 0.410 e. The first kappa shape index (κ1) is 24.0. The number of carbonyl (C=O) groups excluding carboxylic acids is 1. The van der Waals surface area contributed by atoms with E-state index in [1.807, 2.05) is 32.6 Å². The summed E-state index contributed by atoms with van der Waals surface area (Å²) in [6, 6.07) is 1.03. The van der Waals surface area contributed by atoms with Crippen LogP contribution in [0, 0.1) is 11.7 Å². The lowest BCUT2D eigenvalue weighted by molar-refractivity contribution is 0.0192. The second-order valence-electron chi connectivity index (χ2n) is 10.3. The molecule has 2 fully saturated rings. The molecule has 0 aromatic carbocycles. The SMILES string of the molecule is C[C@@H]([C@@H]1CCN(c2nc3c(cc2F)c(=O)c(C(=O)O)cn3C2CC2)C1)N(C)C(=O)OC(C)(C)C. The number of halogens is 1. The van der Waals surface area contributed by atoms with Crippen molar-refractivity contribution in [3.05, 3.63) is 33.9 Å². The number of pyridine rings is 2. The fraction of sp³-hybridized carbons (Fsp3) is 0.583. The molecule has 10 heteroatoms. The van der Waals surface area contributed by atoms with Gasteiger partial charge in [-0.15, -0.1) is 0 Å². The zero-order valence-corrected chi connectivity index (χ0v) is 20.2. The molecule has 0 radical (unpaired) electrons. The molecule has 0 bridgehead atoms. The first-order valence-corrected chi connectivity index (χ1v) is 11.6. The number of fused-ring (bicyclic) bond motifs is 1. The number of hydrogen-bond acceptors (Lipinski definition) is 6. The van der Waals surface area contributed by atoms with Crippen molar-refractivity contribution in [1.29, 1.82) is 0 Å². The molecule has 2 aromatic heterocycles. The Morgan fingerprint density at radius 3 is 2.56 bits per heavy atom. The summed E-state index contributed by atoms with van der Waals surface area (Å²) in [6.45, 7) is 8.43. The molecule has 9 nitrogen and oxygen atoms in total. The van der Waals surface area contributed by atoms with Crippen molar-refractivity contribution in [1.82, 2.24) is 14.5 Å². The fourth-order valence-corrected chi connectivity index (χ4v) is 4.43. The molecule has 0 unspecified atom stereocenters. The lowest BCUT2D eigenvalue weighted by Gasteiger charge is -2.32. The predicted molar refractivity (Wildman–Crippen MR) is 125 cm³/mol. The molecule has 34 heavy (non-hydrogen) atoms. The van der Waals surface area contributed by atoms with Gasteiger partial charge in [0.05, 0.1) is 5.39 Å². The number of rotatable bonds is 5. The molecule has 1 aliphatic carbocycles. The summed E-state index contributed by atoms with van der Waals surface area (Å²) >= 11 is 0. The van der Waals surface area contributed by atoms with E-state index in [4.69, 9.17) is 4.74 Å². The number of carbonyl (C=O) groups is 2. The molecule has 4 rings (SSSR count). The third-order valence-electron chi connectivity index (χ3n) is 6.61. The van der Waals surface area contributed by atoms with Gasteiger partial charge in [0, 0.05) is 38.4 Å². The third-order valence-corrected chi connectivity index (χ3v) is 6.61. The maximum atomic E-state index is 15.1. The van der Waals surface area contributed by atoms with Crippen LogP contribution in [0.1, 0.15) is 63.4 Å². The Kier molecular flexibility index (Phi) is 6.03. The van der Waals surface area contributed by atoms with Crippen LogP contribution >= 0.6 is 0 Å². The number of hydrogen-bond donors (Lipinski definition) is 1. The summed E-state index contributed by atoms with van der Waals surface area (Å²) in [7, 11) is 1.70. The van der Waals surface area contributed by atoms with Gasteiger partial charge in [0.1, 0.15) is 16.8 Å². The maximum Gasteiger partial charge on any atom is 0.410 e. The molecule has 0 spiro atoms. The van der Waals surface area contributed by atoms with Crippen LogP contribution in [-0.4, -0.2) is 63.4 Å². The highest BCUT2D eigenvalue weighted by atomic mass is 19.1. The second kappa shape index (κ2) is 8.56. The first-order valence-electron chi connectivity index (χ1n) is 11.6. The number of carboxylic acids is 1. The molecule has 1 aliphatic heterocycles. The number of nitrogens with zero attached hydrogens (tertiary/aromatic N) is 4. The molecule has 184 valence electrons. The predicted octanol–water partition coefficient (Wildman–Crippen LogP) is 3.65. The number of amides is 1. The van der Waals surface area contributed by atoms with Crippen LogP contribution in [-0.2, 0) is 4.74 Å².